The summed E-state index contributed by atoms with van der Waals surface area (Å²) in [7, 11) is 4.91. The maximum atomic E-state index is 12.5. The molecule has 0 atom stereocenters. The third kappa shape index (κ3) is 3.22. The minimum absolute atomic E-state index is 0.231. The van der Waals surface area contributed by atoms with Crippen molar-refractivity contribution >= 4 is 18.2 Å². The second kappa shape index (κ2) is 6.13. The van der Waals surface area contributed by atoms with Gasteiger partial charge in [0.15, 0.2) is 0 Å². The summed E-state index contributed by atoms with van der Waals surface area (Å²) in [5.74, 6) is -0.523. The first-order chi connectivity index (χ1) is 10.0. The highest BCUT2D eigenvalue weighted by Gasteiger charge is 2.06. The van der Waals surface area contributed by atoms with E-state index in [9.17, 15) is 9.59 Å². The van der Waals surface area contributed by atoms with Crippen molar-refractivity contribution in [3.8, 4) is 5.69 Å². The van der Waals surface area contributed by atoms with Gasteiger partial charge in [0.05, 0.1) is 23.4 Å². The Kier molecular flexibility index (Phi) is 4.27. The zero-order valence-corrected chi connectivity index (χ0v) is 12.2. The molecule has 6 nitrogen and oxygen atoms in total. The van der Waals surface area contributed by atoms with Crippen LogP contribution in [-0.4, -0.2) is 41.9 Å². The Hall–Kier alpha value is -2.76. The fraction of sp³-hybridized carbons (Fsp3) is 0.200. The number of esters is 1. The molecule has 0 amide bonds. The summed E-state index contributed by atoms with van der Waals surface area (Å²) in [5, 5.41) is 3.73. The van der Waals surface area contributed by atoms with E-state index in [1.165, 1.54) is 17.9 Å². The van der Waals surface area contributed by atoms with Gasteiger partial charge in [-0.3, -0.25) is 9.89 Å². The Morgan fingerprint density at radius 3 is 2.52 bits per heavy atom. The van der Waals surface area contributed by atoms with E-state index in [0.717, 1.165) is 0 Å². The first-order valence-electron chi connectivity index (χ1n) is 6.37. The average Bonchev–Trinajstić information content (AvgIpc) is 2.76. The molecule has 0 unspecified atom stereocenters. The van der Waals surface area contributed by atoms with Crippen molar-refractivity contribution in [2.75, 3.05) is 21.2 Å². The zero-order chi connectivity index (χ0) is 15.4. The third-order valence-corrected chi connectivity index (χ3v) is 2.82. The third-order valence-electron chi connectivity index (χ3n) is 2.82. The van der Waals surface area contributed by atoms with Crippen molar-refractivity contribution in [2.45, 2.75) is 0 Å². The number of hydrogen-bond acceptors (Lipinski definition) is 4. The molecule has 0 saturated heterocycles. The van der Waals surface area contributed by atoms with Crippen LogP contribution in [-0.2, 0) is 9.53 Å². The number of ether oxygens (including phenoxy) is 1. The Morgan fingerprint density at radius 2 is 1.95 bits per heavy atom. The number of nitrogens with one attached hydrogen (secondary N) is 1. The molecule has 21 heavy (non-hydrogen) atoms. The fourth-order valence-electron chi connectivity index (χ4n) is 1.90. The van der Waals surface area contributed by atoms with Crippen LogP contribution in [0.15, 0.2) is 35.1 Å². The second-order valence-corrected chi connectivity index (χ2v) is 4.68. The van der Waals surface area contributed by atoms with Gasteiger partial charge in [-0.1, -0.05) is 18.2 Å². The largest absolute Gasteiger partial charge is 0.466 e. The second-order valence-electron chi connectivity index (χ2n) is 4.68. The van der Waals surface area contributed by atoms with Gasteiger partial charge in [-0.15, -0.1) is 0 Å². The first kappa shape index (κ1) is 14.6. The molecular weight excluding hydrogens is 270 g/mol. The quantitative estimate of drug-likeness (QED) is 0.767. The highest BCUT2D eigenvalue weighted by molar-refractivity contribution is 5.99. The summed E-state index contributed by atoms with van der Waals surface area (Å²) in [5.41, 5.74) is 0.463. The number of aromatic nitrogens is 2. The molecule has 1 aromatic carbocycles. The van der Waals surface area contributed by atoms with Gasteiger partial charge < -0.3 is 9.64 Å². The van der Waals surface area contributed by atoms with E-state index < -0.39 is 5.97 Å². The predicted molar refractivity (Wildman–Crippen MR) is 80.3 cm³/mol. The lowest BCUT2D eigenvalue weighted by atomic mass is 10.3. The number of rotatable bonds is 3. The Balaban J connectivity index is 2.76. The molecule has 1 heterocycles. The van der Waals surface area contributed by atoms with Crippen LogP contribution < -0.4 is 16.1 Å². The molecule has 2 aromatic rings. The molecule has 1 N–H and O–H groups in total. The number of aromatic amines is 1. The van der Waals surface area contributed by atoms with E-state index in [2.05, 4.69) is 9.84 Å². The molecule has 1 aromatic heterocycles. The van der Waals surface area contributed by atoms with E-state index in [0.29, 0.717) is 16.3 Å². The lowest BCUT2D eigenvalue weighted by Gasteiger charge is -2.01. The Labute approximate surface area is 121 Å². The molecule has 0 spiro atoms. The summed E-state index contributed by atoms with van der Waals surface area (Å²) in [4.78, 5) is 25.7. The SMILES string of the molecule is COC(=O)C=c1[nH]n(-c2ccccc2)c(=O)c1=CN(C)C. The Bertz CT molecular complexity index is 801. The molecule has 0 aliphatic heterocycles. The van der Waals surface area contributed by atoms with Gasteiger partial charge in [0.25, 0.3) is 5.56 Å². The molecule has 0 saturated carbocycles. The molecule has 0 fully saturated rings. The normalized spacial score (nSPS) is 12.5. The molecular formula is C15H17N3O3. The molecule has 6 heteroatoms. The van der Waals surface area contributed by atoms with Gasteiger partial charge in [0, 0.05) is 26.4 Å². The number of H-pyrrole nitrogens is 1. The molecule has 0 bridgehead atoms. The van der Waals surface area contributed by atoms with E-state index in [1.807, 2.05) is 18.2 Å². The van der Waals surface area contributed by atoms with Gasteiger partial charge in [-0.25, -0.2) is 9.48 Å². The maximum Gasteiger partial charge on any atom is 0.332 e. The molecule has 0 aliphatic rings. The van der Waals surface area contributed by atoms with Crippen LogP contribution in [0.3, 0.4) is 0 Å². The number of carbonyl (C=O) groups excluding carboxylic acids is 1. The minimum Gasteiger partial charge on any atom is -0.466 e. The first-order valence-corrected chi connectivity index (χ1v) is 6.37. The number of benzene rings is 1. The summed E-state index contributed by atoms with van der Waals surface area (Å²) in [6.45, 7) is 0. The van der Waals surface area contributed by atoms with Crippen LogP contribution in [0.25, 0.3) is 18.0 Å². The fourth-order valence-corrected chi connectivity index (χ4v) is 1.90. The summed E-state index contributed by atoms with van der Waals surface area (Å²) < 4.78 is 6.01. The van der Waals surface area contributed by atoms with Crippen molar-refractivity contribution < 1.29 is 9.53 Å². The molecule has 0 aliphatic carbocycles. The molecule has 110 valence electrons. The van der Waals surface area contributed by atoms with Crippen LogP contribution in [0.5, 0.6) is 0 Å². The standard InChI is InChI=1S/C15H17N3O3/c1-17(2)10-12-13(9-14(19)21-3)16-18(15(12)20)11-7-5-4-6-8-11/h4-10,16H,1-3H3. The van der Waals surface area contributed by atoms with Crippen molar-refractivity contribution in [2.24, 2.45) is 0 Å². The van der Waals surface area contributed by atoms with Gasteiger partial charge in [-0.2, -0.15) is 0 Å². The van der Waals surface area contributed by atoms with E-state index in [4.69, 9.17) is 0 Å². The van der Waals surface area contributed by atoms with Gasteiger partial charge in [0.1, 0.15) is 0 Å². The van der Waals surface area contributed by atoms with Gasteiger partial charge >= 0.3 is 5.97 Å². The predicted octanol–water partition coefficient (Wildman–Crippen LogP) is -0.581. The van der Waals surface area contributed by atoms with Crippen molar-refractivity contribution in [1.82, 2.24) is 14.7 Å². The number of methoxy groups -OCH3 is 1. The smallest absolute Gasteiger partial charge is 0.332 e. The minimum atomic E-state index is -0.523. The number of para-hydroxylation sites is 1. The maximum absolute atomic E-state index is 12.5. The summed E-state index contributed by atoms with van der Waals surface area (Å²) in [6.07, 6.45) is 2.92. The Morgan fingerprint density at radius 1 is 1.29 bits per heavy atom. The van der Waals surface area contributed by atoms with Gasteiger partial charge in [-0.05, 0) is 12.1 Å². The van der Waals surface area contributed by atoms with Crippen LogP contribution in [0.4, 0.5) is 0 Å². The van der Waals surface area contributed by atoms with Crippen molar-refractivity contribution in [3.05, 3.63) is 51.3 Å². The van der Waals surface area contributed by atoms with Crippen LogP contribution in [0, 0.1) is 0 Å². The molecule has 0 radical (unpaired) electrons. The highest BCUT2D eigenvalue weighted by Crippen LogP contribution is 1.99. The summed E-state index contributed by atoms with van der Waals surface area (Å²) >= 11 is 0. The van der Waals surface area contributed by atoms with Crippen molar-refractivity contribution in [3.63, 3.8) is 0 Å². The lowest BCUT2D eigenvalue weighted by molar-refractivity contribution is -0.133. The van der Waals surface area contributed by atoms with Crippen LogP contribution in [0.1, 0.15) is 0 Å². The number of hydrogen-bond donors (Lipinski definition) is 1. The van der Waals surface area contributed by atoms with E-state index >= 15 is 0 Å². The lowest BCUT2D eigenvalue weighted by Crippen LogP contribution is -2.37. The number of carbonyl (C=O) groups is 1. The van der Waals surface area contributed by atoms with Crippen LogP contribution >= 0.6 is 0 Å². The number of nitrogens with zero attached hydrogens (tertiary/aromatic N) is 2. The monoisotopic (exact) mass is 287 g/mol. The molecule has 2 rings (SSSR count). The highest BCUT2D eigenvalue weighted by atomic mass is 16.5. The van der Waals surface area contributed by atoms with E-state index in [-0.39, 0.29) is 5.56 Å². The summed E-state index contributed by atoms with van der Waals surface area (Å²) in [6, 6.07) is 9.15. The van der Waals surface area contributed by atoms with Crippen molar-refractivity contribution in [1.29, 1.82) is 0 Å². The van der Waals surface area contributed by atoms with E-state index in [1.54, 1.807) is 37.3 Å². The zero-order valence-electron chi connectivity index (χ0n) is 12.2. The van der Waals surface area contributed by atoms with Gasteiger partial charge in [0.2, 0.25) is 0 Å². The topological polar surface area (TPSA) is 67.3 Å². The van der Waals surface area contributed by atoms with Crippen LogP contribution in [0.2, 0.25) is 0 Å². The average molecular weight is 287 g/mol.